The lowest BCUT2D eigenvalue weighted by Gasteiger charge is -2.24. The van der Waals surface area contributed by atoms with Gasteiger partial charge in [0.25, 0.3) is 0 Å². The van der Waals surface area contributed by atoms with E-state index >= 15 is 0 Å². The summed E-state index contributed by atoms with van der Waals surface area (Å²) >= 11 is 0. The quantitative estimate of drug-likeness (QED) is 0.836. The maximum absolute atomic E-state index is 11.9. The Balaban J connectivity index is 2.36. The van der Waals surface area contributed by atoms with Crippen molar-refractivity contribution in [3.8, 4) is 0 Å². The molecule has 1 unspecified atom stereocenters. The molecule has 1 aromatic rings. The molecule has 1 amide bonds. The van der Waals surface area contributed by atoms with Crippen molar-refractivity contribution in [1.29, 1.82) is 0 Å². The van der Waals surface area contributed by atoms with Crippen molar-refractivity contribution in [2.75, 3.05) is 25.0 Å². The molecular formula is C13H20N4O3. The van der Waals surface area contributed by atoms with Gasteiger partial charge in [-0.25, -0.2) is 4.79 Å². The van der Waals surface area contributed by atoms with E-state index in [9.17, 15) is 14.7 Å². The summed E-state index contributed by atoms with van der Waals surface area (Å²) < 4.78 is 1.58. The molecule has 1 aliphatic rings. The van der Waals surface area contributed by atoms with Gasteiger partial charge in [-0.2, -0.15) is 5.10 Å². The smallest absolute Gasteiger partial charge is 0.341 e. The minimum atomic E-state index is -0.987. The van der Waals surface area contributed by atoms with E-state index in [0.29, 0.717) is 31.0 Å². The van der Waals surface area contributed by atoms with Gasteiger partial charge in [0.15, 0.2) is 0 Å². The first-order valence-corrected chi connectivity index (χ1v) is 6.54. The molecule has 0 aromatic carbocycles. The van der Waals surface area contributed by atoms with Crippen molar-refractivity contribution < 1.29 is 14.7 Å². The third-order valence-electron chi connectivity index (χ3n) is 3.95. The highest BCUT2D eigenvalue weighted by molar-refractivity contribution is 5.95. The van der Waals surface area contributed by atoms with Gasteiger partial charge in [0.2, 0.25) is 5.91 Å². The number of nitrogens with zero attached hydrogens (tertiary/aromatic N) is 3. The average molecular weight is 280 g/mol. The number of hydrogen-bond acceptors (Lipinski definition) is 4. The third-order valence-corrected chi connectivity index (χ3v) is 3.95. The second-order valence-corrected chi connectivity index (χ2v) is 5.52. The number of hydrogen-bond donors (Lipinski definition) is 2. The fraction of sp³-hybridized carbons (Fsp3) is 0.615. The van der Waals surface area contributed by atoms with Crippen molar-refractivity contribution in [2.24, 2.45) is 12.5 Å². The summed E-state index contributed by atoms with van der Waals surface area (Å²) in [5.41, 5.74) is 0.208. The number of anilines is 1. The minimum Gasteiger partial charge on any atom is -0.477 e. The zero-order valence-corrected chi connectivity index (χ0v) is 12.2. The Hall–Kier alpha value is -2.05. The van der Waals surface area contributed by atoms with E-state index in [1.807, 2.05) is 11.8 Å². The summed E-state index contributed by atoms with van der Waals surface area (Å²) in [6.07, 6.45) is 0.690. The Labute approximate surface area is 117 Å². The Kier molecular flexibility index (Phi) is 3.45. The Morgan fingerprint density at radius 2 is 2.10 bits per heavy atom. The van der Waals surface area contributed by atoms with Gasteiger partial charge in [0, 0.05) is 27.2 Å². The molecule has 110 valence electrons. The molecule has 1 saturated heterocycles. The molecule has 0 saturated carbocycles. The zero-order valence-electron chi connectivity index (χ0n) is 12.2. The summed E-state index contributed by atoms with van der Waals surface area (Å²) in [6.45, 7) is 4.71. The molecule has 7 nitrogen and oxygen atoms in total. The number of aryl methyl sites for hydroxylation is 2. The first-order chi connectivity index (χ1) is 9.30. The van der Waals surface area contributed by atoms with Crippen LogP contribution in [-0.2, 0) is 11.8 Å². The van der Waals surface area contributed by atoms with Gasteiger partial charge in [0.1, 0.15) is 11.4 Å². The third kappa shape index (κ3) is 2.13. The molecule has 2 rings (SSSR count). The van der Waals surface area contributed by atoms with E-state index in [4.69, 9.17) is 0 Å². The number of aromatic nitrogens is 2. The number of carboxylic acids is 1. The average Bonchev–Trinajstić information content (AvgIpc) is 2.89. The summed E-state index contributed by atoms with van der Waals surface area (Å²) in [7, 11) is 3.34. The summed E-state index contributed by atoms with van der Waals surface area (Å²) in [6, 6.07) is 0. The molecule has 1 fully saturated rings. The van der Waals surface area contributed by atoms with Crippen LogP contribution in [0.4, 0.5) is 5.82 Å². The number of aromatic carboxylic acids is 1. The molecule has 20 heavy (non-hydrogen) atoms. The number of carbonyl (C=O) groups excluding carboxylic acids is 1. The van der Waals surface area contributed by atoms with E-state index in [0.717, 1.165) is 0 Å². The number of amides is 1. The van der Waals surface area contributed by atoms with Crippen LogP contribution in [0.15, 0.2) is 0 Å². The van der Waals surface area contributed by atoms with Crippen LogP contribution in [0.5, 0.6) is 0 Å². The normalized spacial score (nSPS) is 22.1. The first kappa shape index (κ1) is 14.4. The SMILES string of the molecule is CNC(=O)C1(C)CCN(c2c(C(=O)O)c(C)nn2C)C1. The van der Waals surface area contributed by atoms with Crippen LogP contribution in [0.2, 0.25) is 0 Å². The lowest BCUT2D eigenvalue weighted by Crippen LogP contribution is -2.39. The fourth-order valence-electron chi connectivity index (χ4n) is 2.89. The van der Waals surface area contributed by atoms with E-state index < -0.39 is 11.4 Å². The Bertz CT molecular complexity index is 566. The highest BCUT2D eigenvalue weighted by atomic mass is 16.4. The van der Waals surface area contributed by atoms with Crippen LogP contribution in [0.25, 0.3) is 0 Å². The summed E-state index contributed by atoms with van der Waals surface area (Å²) in [4.78, 5) is 25.3. The zero-order chi connectivity index (χ0) is 15.1. The van der Waals surface area contributed by atoms with E-state index in [1.165, 1.54) is 0 Å². The van der Waals surface area contributed by atoms with Crippen molar-refractivity contribution in [3.63, 3.8) is 0 Å². The topological polar surface area (TPSA) is 87.5 Å². The summed E-state index contributed by atoms with van der Waals surface area (Å²) in [5.74, 6) is -0.433. The van der Waals surface area contributed by atoms with E-state index in [2.05, 4.69) is 10.4 Å². The largest absolute Gasteiger partial charge is 0.477 e. The monoisotopic (exact) mass is 280 g/mol. The van der Waals surface area contributed by atoms with E-state index in [-0.39, 0.29) is 11.5 Å². The van der Waals surface area contributed by atoms with Crippen molar-refractivity contribution in [1.82, 2.24) is 15.1 Å². The molecule has 2 heterocycles. The lowest BCUT2D eigenvalue weighted by atomic mass is 9.89. The fourth-order valence-corrected chi connectivity index (χ4v) is 2.89. The van der Waals surface area contributed by atoms with Gasteiger partial charge in [0.05, 0.1) is 11.1 Å². The molecule has 0 bridgehead atoms. The number of nitrogens with one attached hydrogen (secondary N) is 1. The first-order valence-electron chi connectivity index (χ1n) is 6.54. The molecule has 0 aliphatic carbocycles. The van der Waals surface area contributed by atoms with Crippen LogP contribution >= 0.6 is 0 Å². The lowest BCUT2D eigenvalue weighted by molar-refractivity contribution is -0.128. The van der Waals surface area contributed by atoms with Gasteiger partial charge in [-0.15, -0.1) is 0 Å². The molecule has 2 N–H and O–H groups in total. The standard InChI is InChI=1S/C13H20N4O3/c1-8-9(11(18)19)10(16(4)15-8)17-6-5-13(2,7-17)12(20)14-3/h5-7H2,1-4H3,(H,14,20)(H,18,19). The van der Waals surface area contributed by atoms with Crippen LogP contribution in [-0.4, -0.2) is 46.9 Å². The molecule has 1 aliphatic heterocycles. The van der Waals surface area contributed by atoms with Crippen LogP contribution < -0.4 is 10.2 Å². The van der Waals surface area contributed by atoms with Crippen LogP contribution in [0, 0.1) is 12.3 Å². The van der Waals surface area contributed by atoms with E-state index in [1.54, 1.807) is 25.7 Å². The number of carboxylic acid groups (broad SMARTS) is 1. The summed E-state index contributed by atoms with van der Waals surface area (Å²) in [5, 5.41) is 16.2. The van der Waals surface area contributed by atoms with Gasteiger partial charge in [-0.05, 0) is 20.3 Å². The molecule has 7 heteroatoms. The molecule has 1 aromatic heterocycles. The van der Waals surface area contributed by atoms with Crippen molar-refractivity contribution in [2.45, 2.75) is 20.3 Å². The van der Waals surface area contributed by atoms with Gasteiger partial charge >= 0.3 is 5.97 Å². The van der Waals surface area contributed by atoms with Crippen LogP contribution in [0.1, 0.15) is 29.4 Å². The highest BCUT2D eigenvalue weighted by Gasteiger charge is 2.42. The second-order valence-electron chi connectivity index (χ2n) is 5.52. The van der Waals surface area contributed by atoms with Crippen molar-refractivity contribution in [3.05, 3.63) is 11.3 Å². The number of rotatable bonds is 3. The van der Waals surface area contributed by atoms with Crippen LogP contribution in [0.3, 0.4) is 0 Å². The Morgan fingerprint density at radius 3 is 2.65 bits per heavy atom. The predicted octanol–water partition coefficient (Wildman–Crippen LogP) is 0.389. The Morgan fingerprint density at radius 1 is 1.45 bits per heavy atom. The molecule has 0 spiro atoms. The maximum Gasteiger partial charge on any atom is 0.341 e. The van der Waals surface area contributed by atoms with Gasteiger partial charge in [-0.3, -0.25) is 9.48 Å². The molecule has 1 atom stereocenters. The maximum atomic E-state index is 11.9. The molecular weight excluding hydrogens is 260 g/mol. The van der Waals surface area contributed by atoms with Gasteiger partial charge in [-0.1, -0.05) is 0 Å². The predicted molar refractivity (Wildman–Crippen MR) is 73.9 cm³/mol. The number of carbonyl (C=O) groups is 2. The van der Waals surface area contributed by atoms with Crippen molar-refractivity contribution >= 4 is 17.7 Å². The second kappa shape index (κ2) is 4.81. The highest BCUT2D eigenvalue weighted by Crippen LogP contribution is 2.35. The van der Waals surface area contributed by atoms with Gasteiger partial charge < -0.3 is 15.3 Å². The minimum absolute atomic E-state index is 0.0178. The molecule has 0 radical (unpaired) electrons.